The highest BCUT2D eigenvalue weighted by Gasteiger charge is 2.11. The normalized spacial score (nSPS) is 10.7. The predicted octanol–water partition coefficient (Wildman–Crippen LogP) is 3.39. The third-order valence-corrected chi connectivity index (χ3v) is 3.19. The zero-order chi connectivity index (χ0) is 17.5. The van der Waals surface area contributed by atoms with E-state index in [-0.39, 0.29) is 11.4 Å². The van der Waals surface area contributed by atoms with E-state index in [0.717, 1.165) is 0 Å². The summed E-state index contributed by atoms with van der Waals surface area (Å²) in [5.74, 6) is 0.0173. The standard InChI is InChI=1S/C18H15FN2O3/c1-23-16-8-7-15(10-17(16)24-2)21-18(22)13(11-20)9-12-3-5-14(19)6-4-12/h3-10H,1-2H3,(H,21,22)/b13-9+. The van der Waals surface area contributed by atoms with Gasteiger partial charge >= 0.3 is 0 Å². The molecule has 122 valence electrons. The molecule has 2 aromatic carbocycles. The molecule has 0 aliphatic rings. The van der Waals surface area contributed by atoms with Crippen LogP contribution in [0.15, 0.2) is 48.0 Å². The lowest BCUT2D eigenvalue weighted by molar-refractivity contribution is -0.112. The van der Waals surface area contributed by atoms with Gasteiger partial charge < -0.3 is 14.8 Å². The van der Waals surface area contributed by atoms with Crippen LogP contribution in [-0.4, -0.2) is 20.1 Å². The average molecular weight is 326 g/mol. The topological polar surface area (TPSA) is 71.3 Å². The first-order chi connectivity index (χ1) is 11.6. The summed E-state index contributed by atoms with van der Waals surface area (Å²) in [7, 11) is 2.99. The van der Waals surface area contributed by atoms with Gasteiger partial charge in [-0.15, -0.1) is 0 Å². The Morgan fingerprint density at radius 2 is 1.79 bits per heavy atom. The number of methoxy groups -OCH3 is 2. The van der Waals surface area contributed by atoms with E-state index < -0.39 is 5.91 Å². The van der Waals surface area contributed by atoms with E-state index in [9.17, 15) is 14.4 Å². The molecule has 2 rings (SSSR count). The first-order valence-corrected chi connectivity index (χ1v) is 6.98. The van der Waals surface area contributed by atoms with Crippen molar-refractivity contribution in [2.45, 2.75) is 0 Å². The molecular weight excluding hydrogens is 311 g/mol. The smallest absolute Gasteiger partial charge is 0.266 e. The van der Waals surface area contributed by atoms with Crippen LogP contribution in [0.4, 0.5) is 10.1 Å². The minimum Gasteiger partial charge on any atom is -0.493 e. The molecule has 0 saturated heterocycles. The summed E-state index contributed by atoms with van der Waals surface area (Å²) in [5, 5.41) is 11.8. The zero-order valence-corrected chi connectivity index (χ0v) is 13.2. The molecule has 0 heterocycles. The van der Waals surface area contributed by atoms with Crippen LogP contribution in [0.1, 0.15) is 5.56 Å². The Hall–Kier alpha value is -3.33. The van der Waals surface area contributed by atoms with Crippen molar-refractivity contribution < 1.29 is 18.7 Å². The highest BCUT2D eigenvalue weighted by molar-refractivity contribution is 6.09. The van der Waals surface area contributed by atoms with E-state index in [0.29, 0.717) is 22.7 Å². The van der Waals surface area contributed by atoms with Crippen molar-refractivity contribution in [1.29, 1.82) is 5.26 Å². The maximum atomic E-state index is 12.9. The monoisotopic (exact) mass is 326 g/mol. The fourth-order valence-electron chi connectivity index (χ4n) is 1.99. The van der Waals surface area contributed by atoms with Gasteiger partial charge in [0.2, 0.25) is 0 Å². The van der Waals surface area contributed by atoms with Gasteiger partial charge in [0.15, 0.2) is 11.5 Å². The number of hydrogen-bond acceptors (Lipinski definition) is 4. The van der Waals surface area contributed by atoms with Crippen LogP contribution < -0.4 is 14.8 Å². The summed E-state index contributed by atoms with van der Waals surface area (Å²) < 4.78 is 23.2. The van der Waals surface area contributed by atoms with Crippen LogP contribution in [0.5, 0.6) is 11.5 Å². The molecule has 0 aliphatic carbocycles. The number of halogens is 1. The molecule has 0 aromatic heterocycles. The average Bonchev–Trinajstić information content (AvgIpc) is 2.60. The van der Waals surface area contributed by atoms with Crippen LogP contribution in [0.25, 0.3) is 6.08 Å². The van der Waals surface area contributed by atoms with Crippen LogP contribution in [0.2, 0.25) is 0 Å². The Balaban J connectivity index is 2.21. The Morgan fingerprint density at radius 3 is 2.38 bits per heavy atom. The number of rotatable bonds is 5. The lowest BCUT2D eigenvalue weighted by atomic mass is 10.1. The number of nitrogens with zero attached hydrogens (tertiary/aromatic N) is 1. The van der Waals surface area contributed by atoms with Gasteiger partial charge in [-0.1, -0.05) is 12.1 Å². The lowest BCUT2D eigenvalue weighted by Gasteiger charge is -2.10. The minimum atomic E-state index is -0.575. The molecule has 0 atom stereocenters. The molecule has 0 bridgehead atoms. The maximum absolute atomic E-state index is 12.9. The van der Waals surface area contributed by atoms with Crippen molar-refractivity contribution in [1.82, 2.24) is 0 Å². The third-order valence-electron chi connectivity index (χ3n) is 3.19. The molecule has 0 spiro atoms. The van der Waals surface area contributed by atoms with Gasteiger partial charge in [-0.05, 0) is 35.9 Å². The SMILES string of the molecule is COc1ccc(NC(=O)/C(C#N)=C/c2ccc(F)cc2)cc1OC. The summed E-state index contributed by atoms with van der Waals surface area (Å²) >= 11 is 0. The molecular formula is C18H15FN2O3. The molecule has 1 N–H and O–H groups in total. The third kappa shape index (κ3) is 4.11. The van der Waals surface area contributed by atoms with Gasteiger partial charge in [0.25, 0.3) is 5.91 Å². The Labute approximate surface area is 138 Å². The molecule has 0 aliphatic heterocycles. The van der Waals surface area contributed by atoms with Crippen LogP contribution in [0, 0.1) is 17.1 Å². The van der Waals surface area contributed by atoms with Crippen molar-refractivity contribution in [2.24, 2.45) is 0 Å². The van der Waals surface area contributed by atoms with Crippen molar-refractivity contribution >= 4 is 17.7 Å². The predicted molar refractivity (Wildman–Crippen MR) is 88.2 cm³/mol. The minimum absolute atomic E-state index is 0.101. The second-order valence-corrected chi connectivity index (χ2v) is 4.75. The van der Waals surface area contributed by atoms with Gasteiger partial charge in [-0.25, -0.2) is 4.39 Å². The zero-order valence-electron chi connectivity index (χ0n) is 13.2. The number of anilines is 1. The molecule has 6 heteroatoms. The summed E-state index contributed by atoms with van der Waals surface area (Å²) in [6, 6.07) is 12.2. The molecule has 0 radical (unpaired) electrons. The summed E-state index contributed by atoms with van der Waals surface area (Å²) in [5.41, 5.74) is 0.907. The van der Waals surface area contributed by atoms with Crippen LogP contribution in [-0.2, 0) is 4.79 Å². The van der Waals surface area contributed by atoms with Crippen molar-refractivity contribution in [3.05, 3.63) is 59.4 Å². The van der Waals surface area contributed by atoms with Crippen molar-refractivity contribution in [3.63, 3.8) is 0 Å². The van der Waals surface area contributed by atoms with Crippen LogP contribution in [0.3, 0.4) is 0 Å². The van der Waals surface area contributed by atoms with Gasteiger partial charge in [0, 0.05) is 11.8 Å². The summed E-state index contributed by atoms with van der Waals surface area (Å²) in [6.07, 6.45) is 1.38. The van der Waals surface area contributed by atoms with Crippen molar-refractivity contribution in [3.8, 4) is 17.6 Å². The summed E-state index contributed by atoms with van der Waals surface area (Å²) in [4.78, 5) is 12.2. The molecule has 0 saturated carbocycles. The first-order valence-electron chi connectivity index (χ1n) is 6.98. The number of nitriles is 1. The number of nitrogens with one attached hydrogen (secondary N) is 1. The number of amides is 1. The van der Waals surface area contributed by atoms with E-state index in [1.165, 1.54) is 44.6 Å². The molecule has 0 unspecified atom stereocenters. The highest BCUT2D eigenvalue weighted by Crippen LogP contribution is 2.29. The molecule has 0 fully saturated rings. The van der Waals surface area contributed by atoms with Gasteiger partial charge in [0.05, 0.1) is 14.2 Å². The van der Waals surface area contributed by atoms with E-state index in [2.05, 4.69) is 5.32 Å². The Morgan fingerprint density at radius 1 is 1.12 bits per heavy atom. The van der Waals surface area contributed by atoms with E-state index >= 15 is 0 Å². The molecule has 2 aromatic rings. The number of benzene rings is 2. The molecule has 24 heavy (non-hydrogen) atoms. The second kappa shape index (κ2) is 7.79. The largest absolute Gasteiger partial charge is 0.493 e. The number of carbonyl (C=O) groups excluding carboxylic acids is 1. The fourth-order valence-corrected chi connectivity index (χ4v) is 1.99. The molecule has 5 nitrogen and oxygen atoms in total. The van der Waals surface area contributed by atoms with Gasteiger partial charge in [0.1, 0.15) is 17.5 Å². The fraction of sp³-hybridized carbons (Fsp3) is 0.111. The lowest BCUT2D eigenvalue weighted by Crippen LogP contribution is -2.13. The van der Waals surface area contributed by atoms with E-state index in [4.69, 9.17) is 9.47 Å². The first kappa shape index (κ1) is 17.0. The Kier molecular flexibility index (Phi) is 5.53. The van der Waals surface area contributed by atoms with E-state index in [1.807, 2.05) is 6.07 Å². The Bertz CT molecular complexity index is 808. The van der Waals surface area contributed by atoms with Crippen LogP contribution >= 0.6 is 0 Å². The number of ether oxygens (including phenoxy) is 2. The van der Waals surface area contributed by atoms with Crippen molar-refractivity contribution in [2.75, 3.05) is 19.5 Å². The number of hydrogen-bond donors (Lipinski definition) is 1. The second-order valence-electron chi connectivity index (χ2n) is 4.75. The highest BCUT2D eigenvalue weighted by atomic mass is 19.1. The molecule has 1 amide bonds. The van der Waals surface area contributed by atoms with Gasteiger partial charge in [-0.2, -0.15) is 5.26 Å². The quantitative estimate of drug-likeness (QED) is 0.675. The van der Waals surface area contributed by atoms with Gasteiger partial charge in [-0.3, -0.25) is 4.79 Å². The maximum Gasteiger partial charge on any atom is 0.266 e. The summed E-state index contributed by atoms with van der Waals surface area (Å²) in [6.45, 7) is 0. The number of carbonyl (C=O) groups is 1. The van der Waals surface area contributed by atoms with E-state index in [1.54, 1.807) is 18.2 Å².